The first-order valence-corrected chi connectivity index (χ1v) is 14.1. The van der Waals surface area contributed by atoms with Crippen LogP contribution in [0, 0.1) is 0 Å². The molecule has 0 amide bonds. The number of ether oxygens (including phenoxy) is 1. The van der Waals surface area contributed by atoms with E-state index in [1.54, 1.807) is 0 Å². The molecule has 0 aromatic carbocycles. The number of hydrogen-bond donors (Lipinski definition) is 2. The molecule has 0 bridgehead atoms. The van der Waals surface area contributed by atoms with E-state index in [9.17, 15) is 22.6 Å². The minimum atomic E-state index is -4.84. The minimum Gasteiger partial charge on any atom is -0.481 e. The van der Waals surface area contributed by atoms with Crippen LogP contribution >= 0.6 is 0 Å². The minimum absolute atomic E-state index is 0.448. The van der Waals surface area contributed by atoms with Gasteiger partial charge >= 0.3 is 11.9 Å². The van der Waals surface area contributed by atoms with Crippen molar-refractivity contribution in [2.45, 2.75) is 141 Å². The fourth-order valence-electron chi connectivity index (χ4n) is 3.81. The summed E-state index contributed by atoms with van der Waals surface area (Å²) < 4.78 is 37.6. The predicted molar refractivity (Wildman–Crippen MR) is 127 cm³/mol. The smallest absolute Gasteiger partial charge is 0.327 e. The van der Waals surface area contributed by atoms with Crippen LogP contribution in [0.4, 0.5) is 0 Å². The van der Waals surface area contributed by atoms with Crippen molar-refractivity contribution in [3.63, 3.8) is 0 Å². The lowest BCUT2D eigenvalue weighted by molar-refractivity contribution is -0.152. The second-order valence-corrected chi connectivity index (χ2v) is 10.4. The summed E-state index contributed by atoms with van der Waals surface area (Å²) in [7, 11) is -4.84. The Morgan fingerprint density at radius 2 is 1.09 bits per heavy atom. The number of esters is 1. The van der Waals surface area contributed by atoms with Gasteiger partial charge in [0.2, 0.25) is 0 Å². The average Bonchev–Trinajstić information content (AvgIpc) is 2.71. The molecule has 0 radical (unpaired) electrons. The van der Waals surface area contributed by atoms with Gasteiger partial charge in [0.05, 0.1) is 6.42 Å². The van der Waals surface area contributed by atoms with Crippen molar-refractivity contribution in [1.82, 2.24) is 0 Å². The zero-order valence-electron chi connectivity index (χ0n) is 20.2. The number of carboxylic acids is 1. The van der Waals surface area contributed by atoms with E-state index in [0.717, 1.165) is 38.5 Å². The monoisotopic (exact) mass is 478 g/mol. The van der Waals surface area contributed by atoms with Crippen LogP contribution < -0.4 is 0 Å². The maximum atomic E-state index is 12.4. The van der Waals surface area contributed by atoms with Crippen molar-refractivity contribution in [1.29, 1.82) is 0 Å². The van der Waals surface area contributed by atoms with Crippen molar-refractivity contribution in [3.05, 3.63) is 0 Å². The average molecular weight is 479 g/mol. The highest BCUT2D eigenvalue weighted by molar-refractivity contribution is 7.87. The standard InChI is InChI=1S/C24H46O7S/c1-3-5-7-9-11-13-15-17-19-21(18-16-14-12-10-8-6-4-2)31-24(27)22(20-23(25)26)32(28,29)30/h21-22H,3-20H2,1-2H3,(H,25,26)(H,28,29,30). The zero-order valence-corrected chi connectivity index (χ0v) is 21.0. The second-order valence-electron chi connectivity index (χ2n) is 8.83. The Hall–Kier alpha value is -1.15. The molecule has 32 heavy (non-hydrogen) atoms. The highest BCUT2D eigenvalue weighted by atomic mass is 32.2. The van der Waals surface area contributed by atoms with Crippen LogP contribution in [0.15, 0.2) is 0 Å². The molecule has 0 rings (SSSR count). The third-order valence-electron chi connectivity index (χ3n) is 5.77. The molecule has 0 saturated carbocycles. The van der Waals surface area contributed by atoms with Gasteiger partial charge in [-0.3, -0.25) is 14.1 Å². The Labute approximate surface area is 195 Å². The fourth-order valence-corrected chi connectivity index (χ4v) is 4.46. The molecule has 2 atom stereocenters. The third kappa shape index (κ3) is 17.4. The maximum absolute atomic E-state index is 12.4. The predicted octanol–water partition coefficient (Wildman–Crippen LogP) is 6.30. The number of hydrogen-bond acceptors (Lipinski definition) is 5. The van der Waals surface area contributed by atoms with E-state index in [1.807, 2.05) is 0 Å². The van der Waals surface area contributed by atoms with E-state index in [2.05, 4.69) is 13.8 Å². The van der Waals surface area contributed by atoms with E-state index in [-0.39, 0.29) is 0 Å². The van der Waals surface area contributed by atoms with Gasteiger partial charge in [-0.25, -0.2) is 0 Å². The first-order valence-electron chi connectivity index (χ1n) is 12.6. The van der Waals surface area contributed by atoms with Crippen molar-refractivity contribution in [2.24, 2.45) is 0 Å². The van der Waals surface area contributed by atoms with Gasteiger partial charge in [0.15, 0.2) is 5.25 Å². The molecule has 0 saturated heterocycles. The molecule has 7 nitrogen and oxygen atoms in total. The van der Waals surface area contributed by atoms with Crippen molar-refractivity contribution in [2.75, 3.05) is 0 Å². The van der Waals surface area contributed by atoms with Gasteiger partial charge in [-0.15, -0.1) is 0 Å². The van der Waals surface area contributed by atoms with Crippen LogP contribution in [0.2, 0.25) is 0 Å². The summed E-state index contributed by atoms with van der Waals surface area (Å²) in [6, 6.07) is 0. The van der Waals surface area contributed by atoms with E-state index < -0.39 is 39.8 Å². The summed E-state index contributed by atoms with van der Waals surface area (Å²) in [5, 5.41) is 6.81. The molecule has 2 N–H and O–H groups in total. The van der Waals surface area contributed by atoms with E-state index in [1.165, 1.54) is 57.8 Å². The maximum Gasteiger partial charge on any atom is 0.327 e. The number of unbranched alkanes of at least 4 members (excludes halogenated alkanes) is 13. The Balaban J connectivity index is 4.61. The first kappa shape index (κ1) is 30.9. The first-order chi connectivity index (χ1) is 15.2. The summed E-state index contributed by atoms with van der Waals surface area (Å²) in [5.41, 5.74) is 0. The molecule has 0 spiro atoms. The quantitative estimate of drug-likeness (QED) is 0.106. The fraction of sp³-hybridized carbons (Fsp3) is 0.917. The molecule has 0 heterocycles. The van der Waals surface area contributed by atoms with Crippen LogP contribution in [0.1, 0.15) is 129 Å². The Morgan fingerprint density at radius 1 is 0.719 bits per heavy atom. The molecular weight excluding hydrogens is 432 g/mol. The van der Waals surface area contributed by atoms with E-state index in [4.69, 9.17) is 9.84 Å². The van der Waals surface area contributed by atoms with Crippen molar-refractivity contribution >= 4 is 22.1 Å². The second kappa shape index (κ2) is 19.3. The van der Waals surface area contributed by atoms with Gasteiger partial charge < -0.3 is 9.84 Å². The lowest BCUT2D eigenvalue weighted by Gasteiger charge is -2.20. The Kier molecular flexibility index (Phi) is 18.6. The summed E-state index contributed by atoms with van der Waals surface area (Å²) in [4.78, 5) is 23.3. The van der Waals surface area contributed by atoms with E-state index in [0.29, 0.717) is 12.8 Å². The normalized spacial score (nSPS) is 13.6. The number of rotatable bonds is 22. The molecule has 0 aliphatic heterocycles. The number of carbonyl (C=O) groups excluding carboxylic acids is 1. The molecule has 2 unspecified atom stereocenters. The lowest BCUT2D eigenvalue weighted by atomic mass is 10.0. The highest BCUT2D eigenvalue weighted by Gasteiger charge is 2.36. The van der Waals surface area contributed by atoms with Gasteiger partial charge in [-0.2, -0.15) is 8.42 Å². The van der Waals surface area contributed by atoms with Crippen LogP contribution in [0.25, 0.3) is 0 Å². The van der Waals surface area contributed by atoms with Crippen LogP contribution in [-0.2, 0) is 24.4 Å². The van der Waals surface area contributed by atoms with E-state index >= 15 is 0 Å². The van der Waals surface area contributed by atoms with Gasteiger partial charge in [0.1, 0.15) is 6.10 Å². The molecule has 8 heteroatoms. The van der Waals surface area contributed by atoms with Gasteiger partial charge in [-0.1, -0.05) is 97.3 Å². The summed E-state index contributed by atoms with van der Waals surface area (Å²) in [6.07, 6.45) is 16.8. The van der Waals surface area contributed by atoms with Gasteiger partial charge in [-0.05, 0) is 25.7 Å². The summed E-state index contributed by atoms with van der Waals surface area (Å²) in [5.74, 6) is -2.64. The summed E-state index contributed by atoms with van der Waals surface area (Å²) in [6.45, 7) is 4.37. The topological polar surface area (TPSA) is 118 Å². The third-order valence-corrected chi connectivity index (χ3v) is 6.85. The largest absolute Gasteiger partial charge is 0.481 e. The number of carbonyl (C=O) groups is 2. The lowest BCUT2D eigenvalue weighted by Crippen LogP contribution is -2.36. The molecule has 0 fully saturated rings. The SMILES string of the molecule is CCCCCCCCCCC(CCCCCCCCC)OC(=O)C(CC(=O)O)S(=O)(=O)O. The highest BCUT2D eigenvalue weighted by Crippen LogP contribution is 2.19. The summed E-state index contributed by atoms with van der Waals surface area (Å²) >= 11 is 0. The Morgan fingerprint density at radius 3 is 1.44 bits per heavy atom. The Bertz CT molecular complexity index is 589. The molecule has 0 aromatic rings. The van der Waals surface area contributed by atoms with Gasteiger partial charge in [0.25, 0.3) is 10.1 Å². The molecule has 0 aromatic heterocycles. The van der Waals surface area contributed by atoms with Crippen LogP contribution in [-0.4, -0.2) is 41.4 Å². The van der Waals surface area contributed by atoms with Crippen molar-refractivity contribution in [3.8, 4) is 0 Å². The van der Waals surface area contributed by atoms with Gasteiger partial charge in [0, 0.05) is 0 Å². The molecule has 0 aliphatic rings. The zero-order chi connectivity index (χ0) is 24.2. The van der Waals surface area contributed by atoms with Crippen LogP contribution in [0.3, 0.4) is 0 Å². The van der Waals surface area contributed by atoms with Crippen molar-refractivity contribution < 1.29 is 32.4 Å². The number of carboxylic acid groups (broad SMARTS) is 1. The van der Waals surface area contributed by atoms with Crippen LogP contribution in [0.5, 0.6) is 0 Å². The molecular formula is C24H46O7S. The molecule has 190 valence electrons. The molecule has 0 aliphatic carbocycles. The number of aliphatic carboxylic acids is 1.